The Labute approximate surface area is 109 Å². The van der Waals surface area contributed by atoms with Gasteiger partial charge >= 0.3 is 0 Å². The van der Waals surface area contributed by atoms with Crippen LogP contribution in [0, 0.1) is 11.8 Å². The van der Waals surface area contributed by atoms with Gasteiger partial charge in [-0.25, -0.2) is 0 Å². The lowest BCUT2D eigenvalue weighted by molar-refractivity contribution is -0.302. The van der Waals surface area contributed by atoms with Crippen LogP contribution in [-0.4, -0.2) is 27.2 Å². The normalized spacial score (nSPS) is 54.7. The second kappa shape index (κ2) is 3.38. The SMILES string of the molecule is CC(C)=C1C[C@@]23O[C@]1(O)C[C@](C)(O)[C@@H]2CC[C@@H]3C. The van der Waals surface area contributed by atoms with Crippen LogP contribution in [0.2, 0.25) is 0 Å². The van der Waals surface area contributed by atoms with Crippen LogP contribution in [0.15, 0.2) is 11.1 Å². The summed E-state index contributed by atoms with van der Waals surface area (Å²) in [6, 6.07) is 0. The molecule has 2 aliphatic heterocycles. The Balaban J connectivity index is 2.15. The fourth-order valence-electron chi connectivity index (χ4n) is 4.70. The van der Waals surface area contributed by atoms with Crippen LogP contribution in [0.5, 0.6) is 0 Å². The molecule has 2 bridgehead atoms. The Morgan fingerprint density at radius 3 is 2.56 bits per heavy atom. The maximum absolute atomic E-state index is 10.8. The van der Waals surface area contributed by atoms with Crippen LogP contribution in [0.1, 0.15) is 53.4 Å². The van der Waals surface area contributed by atoms with Crippen LogP contribution in [0.3, 0.4) is 0 Å². The van der Waals surface area contributed by atoms with Gasteiger partial charge in [0.1, 0.15) is 0 Å². The molecule has 0 unspecified atom stereocenters. The van der Waals surface area contributed by atoms with E-state index in [2.05, 4.69) is 6.92 Å². The smallest absolute Gasteiger partial charge is 0.192 e. The van der Waals surface area contributed by atoms with Crippen molar-refractivity contribution in [1.29, 1.82) is 0 Å². The molecule has 2 saturated heterocycles. The van der Waals surface area contributed by atoms with E-state index < -0.39 is 11.4 Å². The van der Waals surface area contributed by atoms with Crippen molar-refractivity contribution in [3.63, 3.8) is 0 Å². The summed E-state index contributed by atoms with van der Waals surface area (Å²) in [4.78, 5) is 0. The predicted molar refractivity (Wildman–Crippen MR) is 68.9 cm³/mol. The molecule has 3 nitrogen and oxygen atoms in total. The Morgan fingerprint density at radius 2 is 1.94 bits per heavy atom. The van der Waals surface area contributed by atoms with E-state index in [9.17, 15) is 10.2 Å². The summed E-state index contributed by atoms with van der Waals surface area (Å²) in [5.41, 5.74) is 0.960. The van der Waals surface area contributed by atoms with Gasteiger partial charge in [0.15, 0.2) is 5.79 Å². The molecule has 0 aromatic heterocycles. The number of ether oxygens (including phenoxy) is 1. The van der Waals surface area contributed by atoms with E-state index in [4.69, 9.17) is 4.74 Å². The van der Waals surface area contributed by atoms with Gasteiger partial charge < -0.3 is 14.9 Å². The first-order chi connectivity index (χ1) is 8.21. The largest absolute Gasteiger partial charge is 0.390 e. The number of aliphatic hydroxyl groups is 2. The van der Waals surface area contributed by atoms with Gasteiger partial charge in [-0.1, -0.05) is 12.5 Å². The van der Waals surface area contributed by atoms with Gasteiger partial charge in [0, 0.05) is 18.8 Å². The van der Waals surface area contributed by atoms with Gasteiger partial charge in [-0.3, -0.25) is 0 Å². The number of hydrogen-bond donors (Lipinski definition) is 2. The van der Waals surface area contributed by atoms with Crippen molar-refractivity contribution in [2.45, 2.75) is 70.4 Å². The van der Waals surface area contributed by atoms with Gasteiger partial charge in [-0.05, 0) is 45.1 Å². The number of allylic oxidation sites excluding steroid dienone is 1. The summed E-state index contributed by atoms with van der Waals surface area (Å²) >= 11 is 0. The van der Waals surface area contributed by atoms with Crippen molar-refractivity contribution in [2.24, 2.45) is 11.8 Å². The highest BCUT2D eigenvalue weighted by Crippen LogP contribution is 2.64. The molecule has 0 amide bonds. The molecule has 3 fully saturated rings. The Bertz CT molecular complexity index is 421. The van der Waals surface area contributed by atoms with E-state index in [1.54, 1.807) is 0 Å². The lowest BCUT2D eigenvalue weighted by atomic mass is 9.73. The van der Waals surface area contributed by atoms with E-state index in [1.807, 2.05) is 20.8 Å². The van der Waals surface area contributed by atoms with Gasteiger partial charge in [-0.2, -0.15) is 0 Å². The van der Waals surface area contributed by atoms with Crippen LogP contribution < -0.4 is 0 Å². The highest BCUT2D eigenvalue weighted by atomic mass is 16.7. The molecular formula is C15H24O3. The first-order valence-corrected chi connectivity index (χ1v) is 7.03. The highest BCUT2D eigenvalue weighted by molar-refractivity contribution is 5.33. The first kappa shape index (κ1) is 12.6. The third-order valence-corrected chi connectivity index (χ3v) is 5.55. The van der Waals surface area contributed by atoms with Gasteiger partial charge in [0.05, 0.1) is 11.2 Å². The van der Waals surface area contributed by atoms with Crippen LogP contribution in [0.4, 0.5) is 0 Å². The zero-order chi connectivity index (χ0) is 13.3. The summed E-state index contributed by atoms with van der Waals surface area (Å²) < 4.78 is 6.16. The third-order valence-electron chi connectivity index (χ3n) is 5.55. The Hall–Kier alpha value is -0.380. The van der Waals surface area contributed by atoms with Gasteiger partial charge in [0.25, 0.3) is 0 Å². The Morgan fingerprint density at radius 1 is 1.28 bits per heavy atom. The van der Waals surface area contributed by atoms with E-state index in [1.165, 1.54) is 0 Å². The summed E-state index contributed by atoms with van der Waals surface area (Å²) in [5, 5.41) is 21.5. The first-order valence-electron chi connectivity index (χ1n) is 7.03. The molecule has 3 aliphatic rings. The maximum atomic E-state index is 10.8. The molecule has 5 atom stereocenters. The average molecular weight is 252 g/mol. The van der Waals surface area contributed by atoms with E-state index >= 15 is 0 Å². The molecule has 2 heterocycles. The molecule has 3 heteroatoms. The van der Waals surface area contributed by atoms with Crippen molar-refractivity contribution < 1.29 is 14.9 Å². The second-order valence-corrected chi connectivity index (χ2v) is 7.06. The minimum absolute atomic E-state index is 0.150. The molecular weight excluding hydrogens is 228 g/mol. The number of hydrogen-bond acceptors (Lipinski definition) is 3. The van der Waals surface area contributed by atoms with Crippen molar-refractivity contribution in [3.05, 3.63) is 11.1 Å². The molecule has 1 spiro atoms. The quantitative estimate of drug-likeness (QED) is 0.651. The third kappa shape index (κ3) is 1.36. The number of fused-ring (bicyclic) bond motifs is 1. The molecule has 1 aliphatic carbocycles. The highest BCUT2D eigenvalue weighted by Gasteiger charge is 2.69. The summed E-state index contributed by atoms with van der Waals surface area (Å²) in [7, 11) is 0. The summed E-state index contributed by atoms with van der Waals surface area (Å²) in [5.74, 6) is -0.688. The monoisotopic (exact) mass is 252 g/mol. The zero-order valence-electron chi connectivity index (χ0n) is 11.8. The number of rotatable bonds is 0. The van der Waals surface area contributed by atoms with Crippen LogP contribution >= 0.6 is 0 Å². The molecule has 0 aromatic rings. The van der Waals surface area contributed by atoms with Gasteiger partial charge in [-0.15, -0.1) is 0 Å². The van der Waals surface area contributed by atoms with Crippen LogP contribution in [0.25, 0.3) is 0 Å². The topological polar surface area (TPSA) is 49.7 Å². The second-order valence-electron chi connectivity index (χ2n) is 7.06. The van der Waals surface area contributed by atoms with Gasteiger partial charge in [0.2, 0.25) is 0 Å². The lowest BCUT2D eigenvalue weighted by Crippen LogP contribution is -2.58. The lowest BCUT2D eigenvalue weighted by Gasteiger charge is -2.49. The maximum Gasteiger partial charge on any atom is 0.192 e. The molecule has 18 heavy (non-hydrogen) atoms. The van der Waals surface area contributed by atoms with Crippen molar-refractivity contribution in [3.8, 4) is 0 Å². The molecule has 3 rings (SSSR count). The van der Waals surface area contributed by atoms with Crippen LogP contribution in [-0.2, 0) is 4.74 Å². The van der Waals surface area contributed by atoms with E-state index in [0.717, 1.165) is 30.4 Å². The van der Waals surface area contributed by atoms with E-state index in [-0.39, 0.29) is 11.5 Å². The minimum atomic E-state index is -1.24. The molecule has 1 saturated carbocycles. The zero-order valence-corrected chi connectivity index (χ0v) is 11.8. The van der Waals surface area contributed by atoms with Crippen molar-refractivity contribution in [2.75, 3.05) is 0 Å². The Kier molecular flexibility index (Phi) is 2.38. The fourth-order valence-corrected chi connectivity index (χ4v) is 4.70. The standard InChI is InChI=1S/C15H24O3/c1-9(2)11-7-14-10(3)5-6-12(14)13(4,16)8-15(11,17)18-14/h10,12,16-17H,5-8H2,1-4H3/t10-,12-,13-,14-,15+/m0/s1. The van der Waals surface area contributed by atoms with Crippen molar-refractivity contribution in [1.82, 2.24) is 0 Å². The predicted octanol–water partition coefficient (Wildman–Crippen LogP) is 2.37. The summed E-state index contributed by atoms with van der Waals surface area (Å²) in [6.07, 6.45) is 3.17. The minimum Gasteiger partial charge on any atom is -0.390 e. The van der Waals surface area contributed by atoms with Crippen molar-refractivity contribution >= 4 is 0 Å². The molecule has 102 valence electrons. The summed E-state index contributed by atoms with van der Waals surface area (Å²) in [6.45, 7) is 8.11. The molecule has 2 N–H and O–H groups in total. The molecule has 0 radical (unpaired) electrons. The fraction of sp³-hybridized carbons (Fsp3) is 0.867. The van der Waals surface area contributed by atoms with E-state index in [0.29, 0.717) is 12.3 Å². The molecule has 0 aromatic carbocycles. The average Bonchev–Trinajstić information content (AvgIpc) is 2.65.